The number of methoxy groups -OCH3 is 1. The largest absolute Gasteiger partial charge is 0.469 e. The van der Waals surface area contributed by atoms with E-state index in [1.165, 1.54) is 0 Å². The number of ether oxygens (including phenoxy) is 1. The third-order valence-electron chi connectivity index (χ3n) is 4.00. The van der Waals surface area contributed by atoms with Crippen molar-refractivity contribution in [2.75, 3.05) is 20.3 Å². The lowest BCUT2D eigenvalue weighted by Crippen LogP contribution is -2.40. The molecule has 112 valence electrons. The second-order valence-electron chi connectivity index (χ2n) is 5.41. The smallest absolute Gasteiger partial charge is 0.257 e. The van der Waals surface area contributed by atoms with Crippen LogP contribution in [0.2, 0.25) is 0 Å². The van der Waals surface area contributed by atoms with Crippen LogP contribution in [-0.2, 0) is 18.3 Å². The van der Waals surface area contributed by atoms with E-state index in [2.05, 4.69) is 5.10 Å². The van der Waals surface area contributed by atoms with E-state index < -0.39 is 0 Å². The molecule has 0 spiro atoms. The number of carbonyl (C=O) groups is 1. The summed E-state index contributed by atoms with van der Waals surface area (Å²) in [5.41, 5.74) is 2.86. The van der Waals surface area contributed by atoms with Crippen molar-refractivity contribution in [2.45, 2.75) is 19.4 Å². The van der Waals surface area contributed by atoms with Gasteiger partial charge in [-0.1, -0.05) is 0 Å². The molecule has 2 aromatic heterocycles. The van der Waals surface area contributed by atoms with Gasteiger partial charge in [-0.15, -0.1) is 0 Å². The van der Waals surface area contributed by atoms with Crippen LogP contribution in [0.1, 0.15) is 33.3 Å². The Kier molecular flexibility index (Phi) is 3.55. The van der Waals surface area contributed by atoms with Gasteiger partial charge in [-0.05, 0) is 13.0 Å². The Bertz CT molecular complexity index is 659. The summed E-state index contributed by atoms with van der Waals surface area (Å²) in [7, 11) is 3.61. The molecule has 0 aliphatic carbocycles. The van der Waals surface area contributed by atoms with E-state index >= 15 is 0 Å². The molecule has 0 unspecified atom stereocenters. The molecule has 0 saturated heterocycles. The summed E-state index contributed by atoms with van der Waals surface area (Å²) in [6.07, 6.45) is 3.38. The molecular weight excluding hydrogens is 270 g/mol. The van der Waals surface area contributed by atoms with E-state index in [1.807, 2.05) is 22.8 Å². The number of aryl methyl sites for hydroxylation is 2. The predicted molar refractivity (Wildman–Crippen MR) is 76.0 cm³/mol. The fourth-order valence-corrected chi connectivity index (χ4v) is 3.03. The first-order chi connectivity index (χ1) is 10.1. The molecule has 0 radical (unpaired) electrons. The average Bonchev–Trinajstić information content (AvgIpc) is 3.05. The summed E-state index contributed by atoms with van der Waals surface area (Å²) in [6, 6.07) is 1.72. The highest BCUT2D eigenvalue weighted by Crippen LogP contribution is 2.29. The van der Waals surface area contributed by atoms with Crippen LogP contribution >= 0.6 is 0 Å². The summed E-state index contributed by atoms with van der Waals surface area (Å²) >= 11 is 0. The number of amides is 1. The molecule has 0 bridgehead atoms. The van der Waals surface area contributed by atoms with Crippen LogP contribution in [0.4, 0.5) is 0 Å². The number of rotatable bonds is 3. The van der Waals surface area contributed by atoms with Crippen LogP contribution in [-0.4, -0.2) is 40.8 Å². The minimum absolute atomic E-state index is 0.00291. The standard InChI is InChI=1S/C15H19N3O3/c1-10-13(4-5-21-10)15(19)18-7-11-6-16-17(2)14(11)12(8-18)9-20-3/h4-6,12H,7-9H2,1-3H3/t12-/m1/s1. The zero-order valence-corrected chi connectivity index (χ0v) is 12.5. The van der Waals surface area contributed by atoms with Gasteiger partial charge in [0.05, 0.1) is 30.3 Å². The Morgan fingerprint density at radius 2 is 2.38 bits per heavy atom. The van der Waals surface area contributed by atoms with Gasteiger partial charge in [-0.3, -0.25) is 9.48 Å². The maximum Gasteiger partial charge on any atom is 0.257 e. The van der Waals surface area contributed by atoms with Crippen molar-refractivity contribution in [3.8, 4) is 0 Å². The molecule has 3 rings (SSSR count). The van der Waals surface area contributed by atoms with Gasteiger partial charge in [0.2, 0.25) is 0 Å². The minimum Gasteiger partial charge on any atom is -0.469 e. The molecular formula is C15H19N3O3. The van der Waals surface area contributed by atoms with Gasteiger partial charge in [-0.25, -0.2) is 0 Å². The summed E-state index contributed by atoms with van der Waals surface area (Å²) in [5.74, 6) is 0.791. The van der Waals surface area contributed by atoms with Crippen LogP contribution in [0.5, 0.6) is 0 Å². The van der Waals surface area contributed by atoms with Crippen LogP contribution in [0, 0.1) is 6.92 Å². The van der Waals surface area contributed by atoms with E-state index in [0.717, 1.165) is 11.3 Å². The highest BCUT2D eigenvalue weighted by molar-refractivity contribution is 5.95. The van der Waals surface area contributed by atoms with Crippen molar-refractivity contribution in [3.63, 3.8) is 0 Å². The lowest BCUT2D eigenvalue weighted by Gasteiger charge is -2.32. The normalized spacial score (nSPS) is 17.9. The van der Waals surface area contributed by atoms with E-state index in [-0.39, 0.29) is 11.8 Å². The fourth-order valence-electron chi connectivity index (χ4n) is 3.03. The quantitative estimate of drug-likeness (QED) is 0.863. The van der Waals surface area contributed by atoms with Gasteiger partial charge in [0.1, 0.15) is 5.76 Å². The molecule has 0 saturated carbocycles. The monoisotopic (exact) mass is 289 g/mol. The van der Waals surface area contributed by atoms with E-state index in [4.69, 9.17) is 9.15 Å². The molecule has 1 amide bonds. The highest BCUT2D eigenvalue weighted by Gasteiger charge is 2.32. The molecule has 0 aromatic carbocycles. The molecule has 21 heavy (non-hydrogen) atoms. The Morgan fingerprint density at radius 1 is 1.57 bits per heavy atom. The number of fused-ring (bicyclic) bond motifs is 1. The number of hydrogen-bond donors (Lipinski definition) is 0. The Morgan fingerprint density at radius 3 is 3.05 bits per heavy atom. The van der Waals surface area contributed by atoms with Crippen molar-refractivity contribution in [3.05, 3.63) is 41.1 Å². The van der Waals surface area contributed by atoms with Crippen LogP contribution < -0.4 is 0 Å². The van der Waals surface area contributed by atoms with Crippen LogP contribution in [0.25, 0.3) is 0 Å². The number of furan rings is 1. The van der Waals surface area contributed by atoms with Gasteiger partial charge >= 0.3 is 0 Å². The molecule has 3 heterocycles. The summed E-state index contributed by atoms with van der Waals surface area (Å²) in [4.78, 5) is 14.5. The zero-order valence-electron chi connectivity index (χ0n) is 12.5. The molecule has 2 aromatic rings. The topological polar surface area (TPSA) is 60.5 Å². The molecule has 0 N–H and O–H groups in total. The lowest BCUT2D eigenvalue weighted by atomic mass is 9.96. The van der Waals surface area contributed by atoms with E-state index in [0.29, 0.717) is 31.0 Å². The summed E-state index contributed by atoms with van der Waals surface area (Å²) in [5, 5.41) is 4.31. The molecule has 0 fully saturated rings. The third-order valence-corrected chi connectivity index (χ3v) is 4.00. The van der Waals surface area contributed by atoms with Gasteiger partial charge in [0.15, 0.2) is 0 Å². The second-order valence-corrected chi connectivity index (χ2v) is 5.41. The van der Waals surface area contributed by atoms with E-state index in [9.17, 15) is 4.79 Å². The third kappa shape index (κ3) is 2.35. The molecule has 1 atom stereocenters. The first kappa shape index (κ1) is 13.9. The number of nitrogens with zero attached hydrogens (tertiary/aromatic N) is 3. The Labute approximate surface area is 123 Å². The molecule has 6 nitrogen and oxygen atoms in total. The first-order valence-electron chi connectivity index (χ1n) is 6.95. The average molecular weight is 289 g/mol. The summed E-state index contributed by atoms with van der Waals surface area (Å²) < 4.78 is 12.4. The number of carbonyl (C=O) groups excluding carboxylic acids is 1. The Hall–Kier alpha value is -2.08. The van der Waals surface area contributed by atoms with Crippen molar-refractivity contribution >= 4 is 5.91 Å². The van der Waals surface area contributed by atoms with Gasteiger partial charge in [-0.2, -0.15) is 5.10 Å². The fraction of sp³-hybridized carbons (Fsp3) is 0.467. The highest BCUT2D eigenvalue weighted by atomic mass is 16.5. The van der Waals surface area contributed by atoms with Crippen LogP contribution in [0.15, 0.2) is 22.9 Å². The van der Waals surface area contributed by atoms with E-state index in [1.54, 1.807) is 26.4 Å². The van der Waals surface area contributed by atoms with Crippen molar-refractivity contribution in [1.29, 1.82) is 0 Å². The Balaban J connectivity index is 1.90. The molecule has 6 heteroatoms. The zero-order chi connectivity index (χ0) is 15.0. The maximum atomic E-state index is 12.6. The first-order valence-corrected chi connectivity index (χ1v) is 6.95. The van der Waals surface area contributed by atoms with Gasteiger partial charge < -0.3 is 14.1 Å². The second kappa shape index (κ2) is 5.37. The SMILES string of the molecule is COC[C@H]1CN(C(=O)c2ccoc2C)Cc2cnn(C)c21. The van der Waals surface area contributed by atoms with Crippen LogP contribution in [0.3, 0.4) is 0 Å². The number of aromatic nitrogens is 2. The summed E-state index contributed by atoms with van der Waals surface area (Å²) in [6.45, 7) is 3.58. The minimum atomic E-state index is -0.00291. The van der Waals surface area contributed by atoms with Crippen molar-refractivity contribution in [2.24, 2.45) is 7.05 Å². The molecule has 1 aliphatic rings. The predicted octanol–water partition coefficient (Wildman–Crippen LogP) is 1.71. The molecule has 1 aliphatic heterocycles. The number of hydrogen-bond acceptors (Lipinski definition) is 4. The maximum absolute atomic E-state index is 12.6. The van der Waals surface area contributed by atoms with Gasteiger partial charge in [0.25, 0.3) is 5.91 Å². The van der Waals surface area contributed by atoms with Crippen molar-refractivity contribution < 1.29 is 13.9 Å². The lowest BCUT2D eigenvalue weighted by molar-refractivity contribution is 0.0674. The van der Waals surface area contributed by atoms with Gasteiger partial charge in [0, 0.05) is 38.7 Å². The van der Waals surface area contributed by atoms with Crippen molar-refractivity contribution in [1.82, 2.24) is 14.7 Å².